The lowest BCUT2D eigenvalue weighted by molar-refractivity contribution is -0.393. The Morgan fingerprint density at radius 2 is 1.86 bits per heavy atom. The average Bonchev–Trinajstić information content (AvgIpc) is 3.04. The van der Waals surface area contributed by atoms with Gasteiger partial charge in [-0.2, -0.15) is 5.10 Å². The summed E-state index contributed by atoms with van der Waals surface area (Å²) in [5, 5.41) is 36.3. The Hall–Kier alpha value is -3.82. The van der Waals surface area contributed by atoms with E-state index in [0.29, 0.717) is 24.1 Å². The quantitative estimate of drug-likeness (QED) is 0.556. The summed E-state index contributed by atoms with van der Waals surface area (Å²) in [6.07, 6.45) is 0.743. The van der Waals surface area contributed by atoms with Crippen molar-refractivity contribution in [3.8, 4) is 0 Å². The van der Waals surface area contributed by atoms with E-state index < -0.39 is 38.5 Å². The third kappa shape index (κ3) is 3.51. The highest BCUT2D eigenvalue weighted by molar-refractivity contribution is 5.99. The molecule has 2 aromatic rings. The minimum Gasteiger partial charge on any atom is -0.481 e. The van der Waals surface area contributed by atoms with Crippen molar-refractivity contribution < 1.29 is 19.7 Å². The Morgan fingerprint density at radius 3 is 2.45 bits per heavy atom. The SMILES string of the molecule is CC1C(=NNc2ccc([N+](=O)[O-])cc2[N+](=O)[O-])CCC1(C(=O)O)c1ccccc1. The van der Waals surface area contributed by atoms with Gasteiger partial charge in [0, 0.05) is 17.7 Å². The first-order chi connectivity index (χ1) is 13.8. The van der Waals surface area contributed by atoms with Crippen LogP contribution in [-0.2, 0) is 10.2 Å². The van der Waals surface area contributed by atoms with E-state index in [2.05, 4.69) is 10.5 Å². The first-order valence-electron chi connectivity index (χ1n) is 8.81. The molecule has 0 heterocycles. The zero-order valence-electron chi connectivity index (χ0n) is 15.4. The van der Waals surface area contributed by atoms with E-state index in [1.165, 1.54) is 6.07 Å². The van der Waals surface area contributed by atoms with Gasteiger partial charge in [0.05, 0.1) is 15.9 Å². The molecule has 0 spiro atoms. The molecule has 1 aliphatic rings. The van der Waals surface area contributed by atoms with Gasteiger partial charge in [-0.05, 0) is 24.5 Å². The first-order valence-corrected chi connectivity index (χ1v) is 8.81. The number of carbonyl (C=O) groups is 1. The molecule has 0 saturated heterocycles. The number of benzene rings is 2. The Morgan fingerprint density at radius 1 is 1.17 bits per heavy atom. The molecule has 3 rings (SSSR count). The summed E-state index contributed by atoms with van der Waals surface area (Å²) in [5.41, 5.74) is 1.79. The fourth-order valence-electron chi connectivity index (χ4n) is 3.75. The summed E-state index contributed by atoms with van der Waals surface area (Å²) < 4.78 is 0. The number of anilines is 1. The topological polar surface area (TPSA) is 148 Å². The van der Waals surface area contributed by atoms with E-state index in [1.54, 1.807) is 31.2 Å². The maximum absolute atomic E-state index is 12.2. The van der Waals surface area contributed by atoms with E-state index in [-0.39, 0.29) is 5.69 Å². The van der Waals surface area contributed by atoms with Crippen LogP contribution in [0.2, 0.25) is 0 Å². The second-order valence-electron chi connectivity index (χ2n) is 6.79. The summed E-state index contributed by atoms with van der Waals surface area (Å²) >= 11 is 0. The van der Waals surface area contributed by atoms with Crippen molar-refractivity contribution in [1.29, 1.82) is 0 Å². The number of nitrogens with zero attached hydrogens (tertiary/aromatic N) is 3. The lowest BCUT2D eigenvalue weighted by Gasteiger charge is -2.29. The van der Waals surface area contributed by atoms with Crippen LogP contribution in [0.4, 0.5) is 17.1 Å². The highest BCUT2D eigenvalue weighted by Crippen LogP contribution is 2.44. The van der Waals surface area contributed by atoms with Crippen molar-refractivity contribution >= 4 is 28.7 Å². The second-order valence-corrected chi connectivity index (χ2v) is 6.79. The molecular formula is C19H18N4O6. The van der Waals surface area contributed by atoms with E-state index in [1.807, 2.05) is 6.07 Å². The molecule has 0 radical (unpaired) electrons. The standard InChI is InChI=1S/C19H18N4O6/c1-12-15(9-10-19(12,18(24)25)13-5-3-2-4-6-13)20-21-16-8-7-14(22(26)27)11-17(16)23(28)29/h2-8,11-12,21H,9-10H2,1H3,(H,24,25). The van der Waals surface area contributed by atoms with Crippen molar-refractivity contribution in [3.05, 3.63) is 74.3 Å². The molecule has 10 heteroatoms. The number of nitrogens with one attached hydrogen (secondary N) is 1. The number of nitro benzene ring substituents is 2. The van der Waals surface area contributed by atoms with Crippen LogP contribution in [0.25, 0.3) is 0 Å². The maximum Gasteiger partial charge on any atom is 0.314 e. The van der Waals surface area contributed by atoms with Crippen LogP contribution in [0.1, 0.15) is 25.3 Å². The summed E-state index contributed by atoms with van der Waals surface area (Å²) in [4.78, 5) is 32.8. The molecule has 29 heavy (non-hydrogen) atoms. The fourth-order valence-corrected chi connectivity index (χ4v) is 3.75. The van der Waals surface area contributed by atoms with Crippen molar-refractivity contribution in [3.63, 3.8) is 0 Å². The lowest BCUT2D eigenvalue weighted by Crippen LogP contribution is -2.39. The number of hydrazone groups is 1. The predicted octanol–water partition coefficient (Wildman–Crippen LogP) is 3.72. The molecule has 2 atom stereocenters. The first kappa shape index (κ1) is 19.9. The molecule has 1 aliphatic carbocycles. The number of non-ortho nitro benzene ring substituents is 1. The van der Waals surface area contributed by atoms with E-state index in [0.717, 1.165) is 12.1 Å². The summed E-state index contributed by atoms with van der Waals surface area (Å²) in [6, 6.07) is 12.1. The molecule has 0 aromatic heterocycles. The van der Waals surface area contributed by atoms with Crippen LogP contribution in [0.3, 0.4) is 0 Å². The van der Waals surface area contributed by atoms with E-state index >= 15 is 0 Å². The molecular weight excluding hydrogens is 380 g/mol. The largest absolute Gasteiger partial charge is 0.481 e. The van der Waals surface area contributed by atoms with Gasteiger partial charge in [-0.3, -0.25) is 30.4 Å². The van der Waals surface area contributed by atoms with Crippen molar-refractivity contribution in [2.75, 3.05) is 5.43 Å². The van der Waals surface area contributed by atoms with Gasteiger partial charge >= 0.3 is 11.7 Å². The van der Waals surface area contributed by atoms with Gasteiger partial charge in [-0.15, -0.1) is 0 Å². The van der Waals surface area contributed by atoms with Crippen LogP contribution in [0.5, 0.6) is 0 Å². The Balaban J connectivity index is 1.92. The molecule has 2 aromatic carbocycles. The molecule has 1 fully saturated rings. The monoisotopic (exact) mass is 398 g/mol. The molecule has 0 bridgehead atoms. The number of hydrogen-bond donors (Lipinski definition) is 2. The van der Waals surface area contributed by atoms with Crippen LogP contribution >= 0.6 is 0 Å². The fraction of sp³-hybridized carbons (Fsp3) is 0.263. The van der Waals surface area contributed by atoms with Crippen LogP contribution in [0, 0.1) is 26.1 Å². The number of nitro groups is 2. The number of hydrogen-bond acceptors (Lipinski definition) is 7. The number of rotatable bonds is 6. The number of carboxylic acids is 1. The molecule has 1 saturated carbocycles. The minimum atomic E-state index is -1.14. The molecule has 2 unspecified atom stereocenters. The van der Waals surface area contributed by atoms with E-state index in [9.17, 15) is 30.1 Å². The summed E-state index contributed by atoms with van der Waals surface area (Å²) in [5.74, 6) is -1.41. The van der Waals surface area contributed by atoms with Gasteiger partial charge in [0.15, 0.2) is 0 Å². The van der Waals surface area contributed by atoms with Crippen LogP contribution in [-0.4, -0.2) is 26.6 Å². The smallest absolute Gasteiger partial charge is 0.314 e. The van der Waals surface area contributed by atoms with Gasteiger partial charge in [-0.25, -0.2) is 0 Å². The Kier molecular flexibility index (Phi) is 5.26. The second kappa shape index (κ2) is 7.66. The normalized spacial score (nSPS) is 22.4. The van der Waals surface area contributed by atoms with Crippen molar-refractivity contribution in [1.82, 2.24) is 0 Å². The molecule has 2 N–H and O–H groups in total. The van der Waals surface area contributed by atoms with Gasteiger partial charge in [0.1, 0.15) is 11.1 Å². The Bertz CT molecular complexity index is 1010. The minimum absolute atomic E-state index is 0.00663. The van der Waals surface area contributed by atoms with Crippen LogP contribution in [0.15, 0.2) is 53.6 Å². The van der Waals surface area contributed by atoms with Gasteiger partial charge in [0.25, 0.3) is 5.69 Å². The van der Waals surface area contributed by atoms with E-state index in [4.69, 9.17) is 0 Å². The summed E-state index contributed by atoms with van der Waals surface area (Å²) in [7, 11) is 0. The summed E-state index contributed by atoms with van der Waals surface area (Å²) in [6.45, 7) is 1.76. The lowest BCUT2D eigenvalue weighted by atomic mass is 9.73. The van der Waals surface area contributed by atoms with Gasteiger partial charge in [-0.1, -0.05) is 37.3 Å². The van der Waals surface area contributed by atoms with Gasteiger partial charge < -0.3 is 5.11 Å². The van der Waals surface area contributed by atoms with Gasteiger partial charge in [0.2, 0.25) is 0 Å². The van der Waals surface area contributed by atoms with Crippen molar-refractivity contribution in [2.24, 2.45) is 11.0 Å². The molecule has 150 valence electrons. The number of aliphatic carboxylic acids is 1. The molecule has 0 amide bonds. The zero-order chi connectivity index (χ0) is 21.2. The molecule has 10 nitrogen and oxygen atoms in total. The third-order valence-corrected chi connectivity index (χ3v) is 5.39. The zero-order valence-corrected chi connectivity index (χ0v) is 15.4. The third-order valence-electron chi connectivity index (χ3n) is 5.39. The van der Waals surface area contributed by atoms with Crippen molar-refractivity contribution in [2.45, 2.75) is 25.2 Å². The molecule has 0 aliphatic heterocycles. The Labute approximate surface area is 165 Å². The number of carboxylic acid groups (broad SMARTS) is 1. The maximum atomic E-state index is 12.2. The van der Waals surface area contributed by atoms with Crippen LogP contribution < -0.4 is 5.43 Å². The average molecular weight is 398 g/mol. The highest BCUT2D eigenvalue weighted by Gasteiger charge is 2.51. The predicted molar refractivity (Wildman–Crippen MR) is 105 cm³/mol. The highest BCUT2D eigenvalue weighted by atomic mass is 16.6.